The van der Waals surface area contributed by atoms with Gasteiger partial charge in [0.05, 0.1) is 13.0 Å². The van der Waals surface area contributed by atoms with E-state index in [0.717, 1.165) is 32.2 Å². The van der Waals surface area contributed by atoms with Gasteiger partial charge in [0.1, 0.15) is 0 Å². The number of piperazine rings is 1. The highest BCUT2D eigenvalue weighted by atomic mass is 16.5. The van der Waals surface area contributed by atoms with Crippen LogP contribution in [0.1, 0.15) is 26.7 Å². The molecule has 1 aliphatic heterocycles. The lowest BCUT2D eigenvalue weighted by molar-refractivity contribution is -0.147. The Labute approximate surface area is 104 Å². The summed E-state index contributed by atoms with van der Waals surface area (Å²) in [6, 6.07) is 1.15. The number of carbonyl (C=O) groups excluding carboxylic acids is 1. The van der Waals surface area contributed by atoms with Crippen LogP contribution >= 0.6 is 0 Å². The van der Waals surface area contributed by atoms with Crippen molar-refractivity contribution in [1.82, 2.24) is 9.80 Å². The van der Waals surface area contributed by atoms with Gasteiger partial charge >= 0.3 is 5.97 Å². The Balaban J connectivity index is 1.80. The molecule has 1 saturated heterocycles. The number of ether oxygens (including phenoxy) is 1. The zero-order valence-corrected chi connectivity index (χ0v) is 11.2. The molecule has 17 heavy (non-hydrogen) atoms. The minimum absolute atomic E-state index is 0.0347. The van der Waals surface area contributed by atoms with E-state index in [9.17, 15) is 4.79 Å². The molecule has 2 aliphatic rings. The van der Waals surface area contributed by atoms with Crippen LogP contribution in [0.4, 0.5) is 0 Å². The van der Waals surface area contributed by atoms with Crippen LogP contribution in [0.3, 0.4) is 0 Å². The Morgan fingerprint density at radius 3 is 2.24 bits per heavy atom. The first-order chi connectivity index (χ1) is 8.13. The van der Waals surface area contributed by atoms with Crippen LogP contribution in [0.5, 0.6) is 0 Å². The molecule has 2 rings (SSSR count). The molecule has 1 aliphatic carbocycles. The minimum atomic E-state index is -0.0953. The topological polar surface area (TPSA) is 32.8 Å². The maximum Gasteiger partial charge on any atom is 0.309 e. The van der Waals surface area contributed by atoms with E-state index in [2.05, 4.69) is 16.7 Å². The summed E-state index contributed by atoms with van der Waals surface area (Å²) in [7, 11) is 1.47. The number of hydrogen-bond acceptors (Lipinski definition) is 4. The SMILES string of the molecule is COC(=O)C(C)C(C)N1CCN(C2CC2)CC1. The van der Waals surface area contributed by atoms with Gasteiger partial charge in [-0.15, -0.1) is 0 Å². The highest BCUT2D eigenvalue weighted by Gasteiger charge is 2.34. The molecule has 0 bridgehead atoms. The van der Waals surface area contributed by atoms with E-state index in [1.54, 1.807) is 0 Å². The molecule has 0 spiro atoms. The molecule has 2 unspecified atom stereocenters. The molecule has 1 saturated carbocycles. The van der Waals surface area contributed by atoms with Crippen LogP contribution in [-0.2, 0) is 9.53 Å². The van der Waals surface area contributed by atoms with Crippen molar-refractivity contribution >= 4 is 5.97 Å². The van der Waals surface area contributed by atoms with Crippen molar-refractivity contribution < 1.29 is 9.53 Å². The van der Waals surface area contributed by atoms with Crippen LogP contribution in [-0.4, -0.2) is 61.1 Å². The maximum absolute atomic E-state index is 11.5. The number of nitrogens with zero attached hydrogens (tertiary/aromatic N) is 2. The van der Waals surface area contributed by atoms with Crippen molar-refractivity contribution in [2.75, 3.05) is 33.3 Å². The average Bonchev–Trinajstić information content (AvgIpc) is 3.20. The lowest BCUT2D eigenvalue weighted by Gasteiger charge is -2.39. The molecule has 2 fully saturated rings. The van der Waals surface area contributed by atoms with Gasteiger partial charge in [0.25, 0.3) is 0 Å². The van der Waals surface area contributed by atoms with Crippen molar-refractivity contribution in [3.05, 3.63) is 0 Å². The van der Waals surface area contributed by atoms with E-state index in [4.69, 9.17) is 4.74 Å². The molecule has 98 valence electrons. The summed E-state index contributed by atoms with van der Waals surface area (Å²) in [4.78, 5) is 16.5. The van der Waals surface area contributed by atoms with Crippen molar-refractivity contribution in [1.29, 1.82) is 0 Å². The largest absolute Gasteiger partial charge is 0.469 e. The number of carbonyl (C=O) groups is 1. The van der Waals surface area contributed by atoms with E-state index < -0.39 is 0 Å². The third-order valence-corrected chi connectivity index (χ3v) is 4.28. The first-order valence-corrected chi connectivity index (χ1v) is 6.69. The lowest BCUT2D eigenvalue weighted by Crippen LogP contribution is -2.52. The van der Waals surface area contributed by atoms with Crippen molar-refractivity contribution in [2.24, 2.45) is 5.92 Å². The molecule has 0 aromatic rings. The Kier molecular flexibility index (Phi) is 4.05. The number of hydrogen-bond donors (Lipinski definition) is 0. The van der Waals surface area contributed by atoms with Gasteiger partial charge in [-0.25, -0.2) is 0 Å². The first kappa shape index (κ1) is 12.8. The van der Waals surface area contributed by atoms with Gasteiger partial charge in [0.2, 0.25) is 0 Å². The van der Waals surface area contributed by atoms with Crippen LogP contribution in [0, 0.1) is 5.92 Å². The lowest BCUT2D eigenvalue weighted by atomic mass is 10.0. The summed E-state index contributed by atoms with van der Waals surface area (Å²) in [5, 5.41) is 0. The van der Waals surface area contributed by atoms with E-state index in [-0.39, 0.29) is 17.9 Å². The normalized spacial score (nSPS) is 26.5. The zero-order chi connectivity index (χ0) is 12.4. The minimum Gasteiger partial charge on any atom is -0.469 e. The summed E-state index contributed by atoms with van der Waals surface area (Å²) in [6.07, 6.45) is 2.77. The number of rotatable bonds is 4. The first-order valence-electron chi connectivity index (χ1n) is 6.69. The van der Waals surface area contributed by atoms with Gasteiger partial charge in [-0.1, -0.05) is 6.92 Å². The molecule has 4 nitrogen and oxygen atoms in total. The van der Waals surface area contributed by atoms with Gasteiger partial charge in [-0.2, -0.15) is 0 Å². The third-order valence-electron chi connectivity index (χ3n) is 4.28. The standard InChI is InChI=1S/C13H24N2O2/c1-10(13(16)17-3)11(2)14-6-8-15(9-7-14)12-4-5-12/h10-12H,4-9H2,1-3H3. The van der Waals surface area contributed by atoms with Crippen LogP contribution in [0.2, 0.25) is 0 Å². The van der Waals surface area contributed by atoms with Gasteiger partial charge < -0.3 is 4.74 Å². The maximum atomic E-state index is 11.5. The second-order valence-electron chi connectivity index (χ2n) is 5.36. The monoisotopic (exact) mass is 240 g/mol. The summed E-state index contributed by atoms with van der Waals surface area (Å²) in [5.74, 6) is -0.130. The van der Waals surface area contributed by atoms with Crippen molar-refractivity contribution in [2.45, 2.75) is 38.8 Å². The fourth-order valence-electron chi connectivity index (χ4n) is 2.65. The summed E-state index contributed by atoms with van der Waals surface area (Å²) in [6.45, 7) is 8.57. The third kappa shape index (κ3) is 2.99. The average molecular weight is 240 g/mol. The van der Waals surface area contributed by atoms with E-state index in [1.165, 1.54) is 20.0 Å². The molecule has 1 heterocycles. The van der Waals surface area contributed by atoms with Gasteiger partial charge in [-0.3, -0.25) is 14.6 Å². The molecule has 0 N–H and O–H groups in total. The Morgan fingerprint density at radius 1 is 1.18 bits per heavy atom. The predicted octanol–water partition coefficient (Wildman–Crippen LogP) is 0.964. The van der Waals surface area contributed by atoms with Crippen molar-refractivity contribution in [3.8, 4) is 0 Å². The molecule has 2 atom stereocenters. The Morgan fingerprint density at radius 2 is 1.76 bits per heavy atom. The highest BCUT2D eigenvalue weighted by molar-refractivity contribution is 5.72. The highest BCUT2D eigenvalue weighted by Crippen LogP contribution is 2.28. The Hall–Kier alpha value is -0.610. The quantitative estimate of drug-likeness (QED) is 0.685. The summed E-state index contributed by atoms with van der Waals surface area (Å²) in [5.41, 5.74) is 0. The summed E-state index contributed by atoms with van der Waals surface area (Å²) >= 11 is 0. The second-order valence-corrected chi connectivity index (χ2v) is 5.36. The van der Waals surface area contributed by atoms with Gasteiger partial charge in [0, 0.05) is 38.3 Å². The summed E-state index contributed by atoms with van der Waals surface area (Å²) < 4.78 is 4.82. The molecule has 0 aromatic heterocycles. The number of methoxy groups -OCH3 is 1. The molecular formula is C13H24N2O2. The predicted molar refractivity (Wildman–Crippen MR) is 66.8 cm³/mol. The van der Waals surface area contributed by atoms with Crippen LogP contribution in [0.15, 0.2) is 0 Å². The van der Waals surface area contributed by atoms with Crippen molar-refractivity contribution in [3.63, 3.8) is 0 Å². The zero-order valence-electron chi connectivity index (χ0n) is 11.2. The molecule has 0 amide bonds. The smallest absolute Gasteiger partial charge is 0.309 e. The molecular weight excluding hydrogens is 216 g/mol. The van der Waals surface area contributed by atoms with Gasteiger partial charge in [-0.05, 0) is 19.8 Å². The van der Waals surface area contributed by atoms with Gasteiger partial charge in [0.15, 0.2) is 0 Å². The van der Waals surface area contributed by atoms with E-state index in [1.807, 2.05) is 6.92 Å². The van der Waals surface area contributed by atoms with E-state index >= 15 is 0 Å². The fourth-order valence-corrected chi connectivity index (χ4v) is 2.65. The number of esters is 1. The van der Waals surface area contributed by atoms with Crippen LogP contribution in [0.25, 0.3) is 0 Å². The fraction of sp³-hybridized carbons (Fsp3) is 0.923. The van der Waals surface area contributed by atoms with E-state index in [0.29, 0.717) is 0 Å². The molecule has 0 radical (unpaired) electrons. The molecule has 4 heteroatoms. The second kappa shape index (κ2) is 5.36. The molecule has 0 aromatic carbocycles. The van der Waals surface area contributed by atoms with Crippen LogP contribution < -0.4 is 0 Å². The Bertz CT molecular complexity index is 271.